The molecule has 0 aliphatic heterocycles. The highest BCUT2D eigenvalue weighted by molar-refractivity contribution is 7.99. The van der Waals surface area contributed by atoms with Crippen LogP contribution < -0.4 is 5.32 Å². The molecule has 0 aliphatic rings. The van der Waals surface area contributed by atoms with E-state index in [-0.39, 0.29) is 28.1 Å². The van der Waals surface area contributed by atoms with Gasteiger partial charge in [-0.05, 0) is 48.5 Å². The maximum atomic E-state index is 13.0. The van der Waals surface area contributed by atoms with Gasteiger partial charge in [-0.15, -0.1) is 10.2 Å². The zero-order valence-electron chi connectivity index (χ0n) is 19.2. The minimum atomic E-state index is -3.66. The molecule has 0 radical (unpaired) electrons. The van der Waals surface area contributed by atoms with Crippen LogP contribution in [0.4, 0.5) is 5.69 Å². The van der Waals surface area contributed by atoms with Gasteiger partial charge in [0.05, 0.1) is 23.3 Å². The Bertz CT molecular complexity index is 1460. The lowest BCUT2D eigenvalue weighted by atomic mass is 10.2. The zero-order valence-corrected chi connectivity index (χ0v) is 20.8. The van der Waals surface area contributed by atoms with Gasteiger partial charge in [0.15, 0.2) is 20.8 Å². The minimum absolute atomic E-state index is 0.00908. The number of nitrogens with zero attached hydrogens (tertiary/aromatic N) is 3. The van der Waals surface area contributed by atoms with E-state index in [4.69, 9.17) is 0 Å². The number of benzene rings is 3. The summed E-state index contributed by atoms with van der Waals surface area (Å²) in [5.74, 6) is -0.861. The molecular formula is C25H22N4O5S2. The summed E-state index contributed by atoms with van der Waals surface area (Å²) in [6, 6.07) is 23.6. The molecule has 1 aromatic heterocycles. The van der Waals surface area contributed by atoms with Crippen LogP contribution in [0, 0.1) is 0 Å². The normalized spacial score (nSPS) is 11.1. The minimum Gasteiger partial charge on any atom is -0.465 e. The van der Waals surface area contributed by atoms with E-state index < -0.39 is 15.8 Å². The lowest BCUT2D eigenvalue weighted by molar-refractivity contribution is -0.113. The third kappa shape index (κ3) is 5.99. The van der Waals surface area contributed by atoms with Gasteiger partial charge < -0.3 is 10.1 Å². The molecule has 0 fully saturated rings. The molecule has 1 amide bonds. The van der Waals surface area contributed by atoms with Crippen LogP contribution in [0.3, 0.4) is 0 Å². The maximum Gasteiger partial charge on any atom is 0.337 e. The number of nitrogens with one attached hydrogen (secondary N) is 1. The van der Waals surface area contributed by atoms with Gasteiger partial charge in [0.1, 0.15) is 5.75 Å². The molecule has 184 valence electrons. The third-order valence-corrected chi connectivity index (χ3v) is 7.62. The second-order valence-corrected chi connectivity index (χ2v) is 10.5. The van der Waals surface area contributed by atoms with Crippen LogP contribution in [0.5, 0.6) is 0 Å². The predicted octanol–water partition coefficient (Wildman–Crippen LogP) is 3.76. The smallest absolute Gasteiger partial charge is 0.337 e. The fourth-order valence-corrected chi connectivity index (χ4v) is 5.38. The number of thioether (sulfide) groups is 1. The molecule has 0 spiro atoms. The van der Waals surface area contributed by atoms with Gasteiger partial charge in [0, 0.05) is 11.4 Å². The first-order valence-corrected chi connectivity index (χ1v) is 13.4. The molecule has 0 bridgehead atoms. The average molecular weight is 523 g/mol. The summed E-state index contributed by atoms with van der Waals surface area (Å²) in [6.45, 7) is 0. The van der Waals surface area contributed by atoms with Gasteiger partial charge in [-0.3, -0.25) is 9.36 Å². The first-order valence-electron chi connectivity index (χ1n) is 10.8. The topological polar surface area (TPSA) is 120 Å². The number of methoxy groups -OCH3 is 1. The number of ether oxygens (including phenoxy) is 1. The van der Waals surface area contributed by atoms with Crippen LogP contribution in [0.15, 0.2) is 95.0 Å². The van der Waals surface area contributed by atoms with E-state index in [1.165, 1.54) is 19.2 Å². The third-order valence-electron chi connectivity index (χ3n) is 5.06. The number of anilines is 1. The lowest BCUT2D eigenvalue weighted by Crippen LogP contribution is -2.15. The van der Waals surface area contributed by atoms with Crippen LogP contribution in [-0.2, 0) is 25.1 Å². The highest BCUT2D eigenvalue weighted by Crippen LogP contribution is 2.25. The number of sulfone groups is 1. The fourth-order valence-electron chi connectivity index (χ4n) is 3.34. The molecule has 0 saturated carbocycles. The standard InChI is InChI=1S/C25H22N4O5S2/c1-34-24(31)18-12-14-19(15-13-18)26-23(30)16-35-25-28-27-22(29(25)20-8-4-2-5-9-20)17-36(32,33)21-10-6-3-7-11-21/h2-15H,16-17H2,1H3,(H,26,30). The Morgan fingerprint density at radius 2 is 1.56 bits per heavy atom. The number of hydrogen-bond acceptors (Lipinski definition) is 8. The van der Waals surface area contributed by atoms with Gasteiger partial charge in [-0.2, -0.15) is 0 Å². The fraction of sp³-hybridized carbons (Fsp3) is 0.120. The molecular weight excluding hydrogens is 500 g/mol. The van der Waals surface area contributed by atoms with E-state index in [1.807, 2.05) is 30.3 Å². The van der Waals surface area contributed by atoms with E-state index in [2.05, 4.69) is 20.3 Å². The Morgan fingerprint density at radius 1 is 0.917 bits per heavy atom. The molecule has 36 heavy (non-hydrogen) atoms. The van der Waals surface area contributed by atoms with E-state index in [9.17, 15) is 18.0 Å². The second kappa shape index (κ2) is 11.2. The Kier molecular flexibility index (Phi) is 7.81. The number of esters is 1. The lowest BCUT2D eigenvalue weighted by Gasteiger charge is -2.11. The van der Waals surface area contributed by atoms with Crippen molar-refractivity contribution in [2.45, 2.75) is 15.8 Å². The summed E-state index contributed by atoms with van der Waals surface area (Å²) in [5.41, 5.74) is 1.58. The molecule has 4 rings (SSSR count). The van der Waals surface area contributed by atoms with Crippen LogP contribution in [-0.4, -0.2) is 47.9 Å². The zero-order chi connectivity index (χ0) is 25.5. The number of aromatic nitrogens is 3. The first-order chi connectivity index (χ1) is 17.4. The van der Waals surface area contributed by atoms with Crippen molar-refractivity contribution in [3.05, 3.63) is 96.3 Å². The maximum absolute atomic E-state index is 13.0. The molecule has 0 atom stereocenters. The number of carbonyl (C=O) groups excluding carboxylic acids is 2. The van der Waals surface area contributed by atoms with Crippen molar-refractivity contribution in [2.75, 3.05) is 18.2 Å². The molecule has 0 unspecified atom stereocenters. The SMILES string of the molecule is COC(=O)c1ccc(NC(=O)CSc2nnc(CS(=O)(=O)c3ccccc3)n2-c2ccccc2)cc1. The van der Waals surface area contributed by atoms with Crippen molar-refractivity contribution >= 4 is 39.2 Å². The predicted molar refractivity (Wildman–Crippen MR) is 136 cm³/mol. The highest BCUT2D eigenvalue weighted by Gasteiger charge is 2.23. The van der Waals surface area contributed by atoms with Crippen molar-refractivity contribution < 1.29 is 22.7 Å². The van der Waals surface area contributed by atoms with Crippen LogP contribution in [0.1, 0.15) is 16.2 Å². The van der Waals surface area contributed by atoms with Crippen LogP contribution in [0.2, 0.25) is 0 Å². The van der Waals surface area contributed by atoms with Gasteiger partial charge >= 0.3 is 5.97 Å². The average Bonchev–Trinajstić information content (AvgIpc) is 3.30. The van der Waals surface area contributed by atoms with Gasteiger partial charge in [-0.25, -0.2) is 13.2 Å². The molecule has 0 aliphatic carbocycles. The summed E-state index contributed by atoms with van der Waals surface area (Å²) in [4.78, 5) is 24.3. The van der Waals surface area contributed by atoms with Gasteiger partial charge in [0.25, 0.3) is 0 Å². The quantitative estimate of drug-likeness (QED) is 0.261. The largest absolute Gasteiger partial charge is 0.465 e. The van der Waals surface area contributed by atoms with Gasteiger partial charge in [-0.1, -0.05) is 48.2 Å². The summed E-state index contributed by atoms with van der Waals surface area (Å²) in [7, 11) is -2.36. The van der Waals surface area contributed by atoms with E-state index in [0.29, 0.717) is 22.1 Å². The summed E-state index contributed by atoms with van der Waals surface area (Å²) in [5, 5.41) is 11.4. The van der Waals surface area contributed by atoms with Crippen LogP contribution >= 0.6 is 11.8 Å². The van der Waals surface area contributed by atoms with Crippen molar-refractivity contribution in [1.29, 1.82) is 0 Å². The van der Waals surface area contributed by atoms with Crippen molar-refractivity contribution in [3.8, 4) is 5.69 Å². The molecule has 1 N–H and O–H groups in total. The van der Waals surface area contributed by atoms with Crippen molar-refractivity contribution in [3.63, 3.8) is 0 Å². The molecule has 3 aromatic carbocycles. The van der Waals surface area contributed by atoms with E-state index >= 15 is 0 Å². The summed E-state index contributed by atoms with van der Waals surface area (Å²) < 4.78 is 32.2. The number of hydrogen-bond donors (Lipinski definition) is 1. The van der Waals surface area contributed by atoms with Gasteiger partial charge in [0.2, 0.25) is 5.91 Å². The van der Waals surface area contributed by atoms with Crippen molar-refractivity contribution in [2.24, 2.45) is 0 Å². The number of para-hydroxylation sites is 1. The number of rotatable bonds is 9. The molecule has 11 heteroatoms. The Balaban J connectivity index is 1.51. The first kappa shape index (κ1) is 25.1. The molecule has 4 aromatic rings. The number of amides is 1. The molecule has 0 saturated heterocycles. The molecule has 1 heterocycles. The Hall–Kier alpha value is -3.96. The Morgan fingerprint density at radius 3 is 2.19 bits per heavy atom. The summed E-state index contributed by atoms with van der Waals surface area (Å²) >= 11 is 1.13. The Labute approximate surface area is 212 Å². The van der Waals surface area contributed by atoms with Crippen LogP contribution in [0.25, 0.3) is 5.69 Å². The highest BCUT2D eigenvalue weighted by atomic mass is 32.2. The molecule has 9 nitrogen and oxygen atoms in total. The van der Waals surface area contributed by atoms with E-state index in [0.717, 1.165) is 11.8 Å². The monoisotopic (exact) mass is 522 g/mol. The van der Waals surface area contributed by atoms with Crippen molar-refractivity contribution in [1.82, 2.24) is 14.8 Å². The second-order valence-electron chi connectivity index (χ2n) is 7.55. The number of carbonyl (C=O) groups is 2. The summed E-state index contributed by atoms with van der Waals surface area (Å²) in [6.07, 6.45) is 0. The van der Waals surface area contributed by atoms with E-state index in [1.54, 1.807) is 47.0 Å².